The van der Waals surface area contributed by atoms with Gasteiger partial charge in [0.05, 0.1) is 29.8 Å². The summed E-state index contributed by atoms with van der Waals surface area (Å²) in [5, 5.41) is 14.9. The molecule has 0 unspecified atom stereocenters. The summed E-state index contributed by atoms with van der Waals surface area (Å²) in [6.45, 7) is 7.43. The van der Waals surface area contributed by atoms with Gasteiger partial charge >= 0.3 is 6.18 Å². The summed E-state index contributed by atoms with van der Waals surface area (Å²) in [4.78, 5) is 25.1. The number of nitrogens with zero attached hydrogens (tertiary/aromatic N) is 4. The fourth-order valence-electron chi connectivity index (χ4n) is 7.16. The molecular formula is C26H38F3N5O4. The fourth-order valence-corrected chi connectivity index (χ4v) is 7.16. The van der Waals surface area contributed by atoms with Crippen molar-refractivity contribution in [3.63, 3.8) is 0 Å². The van der Waals surface area contributed by atoms with Gasteiger partial charge in [-0.15, -0.1) is 0 Å². The smallest absolute Gasteiger partial charge is 0.388 e. The molecule has 212 valence electrons. The van der Waals surface area contributed by atoms with Gasteiger partial charge in [0, 0.05) is 44.3 Å². The summed E-state index contributed by atoms with van der Waals surface area (Å²) < 4.78 is 50.8. The third-order valence-electron chi connectivity index (χ3n) is 9.29. The van der Waals surface area contributed by atoms with E-state index in [0.29, 0.717) is 45.6 Å². The molecule has 1 aromatic rings. The number of piperazine rings is 1. The van der Waals surface area contributed by atoms with Crippen molar-refractivity contribution in [1.29, 1.82) is 0 Å². The van der Waals surface area contributed by atoms with Gasteiger partial charge in [-0.1, -0.05) is 6.92 Å². The number of aromatic nitrogens is 2. The van der Waals surface area contributed by atoms with Crippen LogP contribution in [0.4, 0.5) is 19.0 Å². The maximum atomic E-state index is 13.8. The lowest BCUT2D eigenvalue weighted by molar-refractivity contribution is -0.162. The van der Waals surface area contributed by atoms with Crippen LogP contribution in [-0.4, -0.2) is 94.7 Å². The zero-order valence-electron chi connectivity index (χ0n) is 22.4. The van der Waals surface area contributed by atoms with Crippen LogP contribution in [0.1, 0.15) is 58.6 Å². The third-order valence-corrected chi connectivity index (χ3v) is 9.29. The number of nitrogens with one attached hydrogen (secondary N) is 1. The first-order valence-electron chi connectivity index (χ1n) is 13.3. The van der Waals surface area contributed by atoms with E-state index in [2.05, 4.69) is 15.3 Å². The van der Waals surface area contributed by atoms with Crippen molar-refractivity contribution in [2.24, 2.45) is 5.41 Å². The number of carbonyl (C=O) groups excluding carboxylic acids is 1. The molecule has 0 radical (unpaired) electrons. The van der Waals surface area contributed by atoms with Crippen molar-refractivity contribution in [2.45, 2.75) is 94.4 Å². The Morgan fingerprint density at radius 2 is 2.00 bits per heavy atom. The fraction of sp³-hybridized carbons (Fsp3) is 0.808. The summed E-state index contributed by atoms with van der Waals surface area (Å²) in [6, 6.07) is 0.895. The number of hydrogen-bond donors (Lipinski definition) is 2. The first-order valence-corrected chi connectivity index (χ1v) is 13.3. The van der Waals surface area contributed by atoms with Crippen molar-refractivity contribution in [3.8, 4) is 0 Å². The van der Waals surface area contributed by atoms with Crippen LogP contribution in [0.3, 0.4) is 0 Å². The van der Waals surface area contributed by atoms with Gasteiger partial charge in [-0.05, 0) is 46.0 Å². The molecule has 5 rings (SSSR count). The van der Waals surface area contributed by atoms with E-state index in [-0.39, 0.29) is 36.0 Å². The molecule has 12 heteroatoms. The number of amides is 1. The van der Waals surface area contributed by atoms with Crippen LogP contribution in [0.2, 0.25) is 0 Å². The Kier molecular flexibility index (Phi) is 6.93. The minimum absolute atomic E-state index is 0.0317. The minimum Gasteiger partial charge on any atom is -0.388 e. The predicted octanol–water partition coefficient (Wildman–Crippen LogP) is 2.38. The number of likely N-dealkylation sites (tertiary alicyclic amines) is 1. The average molecular weight is 542 g/mol. The maximum absolute atomic E-state index is 13.8. The van der Waals surface area contributed by atoms with Crippen molar-refractivity contribution in [1.82, 2.24) is 20.2 Å². The van der Waals surface area contributed by atoms with E-state index >= 15 is 0 Å². The Balaban J connectivity index is 1.25. The number of anilines is 1. The lowest BCUT2D eigenvalue weighted by atomic mass is 9.73. The molecule has 3 saturated heterocycles. The molecule has 4 heterocycles. The highest BCUT2D eigenvalue weighted by Crippen LogP contribution is 2.45. The van der Waals surface area contributed by atoms with E-state index in [1.807, 2.05) is 16.7 Å². The van der Waals surface area contributed by atoms with Crippen molar-refractivity contribution in [2.75, 3.05) is 38.3 Å². The monoisotopic (exact) mass is 541 g/mol. The molecule has 0 aromatic carbocycles. The first-order chi connectivity index (χ1) is 17.8. The minimum atomic E-state index is -4.53. The van der Waals surface area contributed by atoms with Gasteiger partial charge < -0.3 is 29.7 Å². The third kappa shape index (κ3) is 4.67. The second-order valence-corrected chi connectivity index (χ2v) is 12.1. The Morgan fingerprint density at radius 1 is 1.24 bits per heavy atom. The van der Waals surface area contributed by atoms with Gasteiger partial charge in [-0.25, -0.2) is 9.97 Å². The highest BCUT2D eigenvalue weighted by atomic mass is 19.4. The topological polar surface area (TPSA) is 100 Å². The summed E-state index contributed by atoms with van der Waals surface area (Å²) >= 11 is 0. The number of hydrogen-bond acceptors (Lipinski definition) is 8. The molecule has 4 fully saturated rings. The number of ether oxygens (including phenoxy) is 2. The number of alkyl halides is 3. The van der Waals surface area contributed by atoms with Gasteiger partial charge in [-0.3, -0.25) is 4.79 Å². The maximum Gasteiger partial charge on any atom is 0.433 e. The van der Waals surface area contributed by atoms with Gasteiger partial charge in [0.25, 0.3) is 0 Å². The SMILES string of the molecule is CO[C@@H]1COCC[C@@]1(N[C@@H]1CC[C@](C)(C(=O)N2C[C@H]3C[C@H]2CN3c2cc(C(F)(F)F)ncn2)C1)C(C)(C)O. The zero-order chi connectivity index (χ0) is 27.5. The van der Waals surface area contributed by atoms with Crippen LogP contribution in [0.5, 0.6) is 0 Å². The molecule has 9 nitrogen and oxygen atoms in total. The molecule has 3 aliphatic heterocycles. The molecular weight excluding hydrogens is 503 g/mol. The van der Waals surface area contributed by atoms with E-state index in [9.17, 15) is 23.1 Å². The normalized spacial score (nSPS) is 35.8. The number of aliphatic hydroxyl groups is 1. The standard InChI is InChI=1S/C26H38F3N5O4/c1-23(2,36)25(7-8-38-14-20(25)37-4)32-16-5-6-24(3,11-16)22(35)34-13-17-9-18(34)12-33(17)21-10-19(26(27,28)29)30-15-31-21/h10,15-18,20,32,36H,5-9,11-14H2,1-4H3/t16-,17-,18+,20-,24+,25+/m1/s1. The zero-order valence-corrected chi connectivity index (χ0v) is 22.4. The number of halogens is 3. The number of methoxy groups -OCH3 is 1. The summed E-state index contributed by atoms with van der Waals surface area (Å²) in [7, 11) is 1.63. The van der Waals surface area contributed by atoms with Crippen LogP contribution >= 0.6 is 0 Å². The Morgan fingerprint density at radius 3 is 2.63 bits per heavy atom. The molecule has 4 aliphatic rings. The molecule has 2 N–H and O–H groups in total. The molecule has 1 amide bonds. The molecule has 6 atom stereocenters. The summed E-state index contributed by atoms with van der Waals surface area (Å²) in [5.41, 5.74) is -3.27. The molecule has 2 bridgehead atoms. The second kappa shape index (κ2) is 9.57. The average Bonchev–Trinajstić information content (AvgIpc) is 3.57. The van der Waals surface area contributed by atoms with Crippen molar-refractivity contribution < 1.29 is 32.5 Å². The Hall–Kier alpha value is -2.02. The largest absolute Gasteiger partial charge is 0.433 e. The van der Waals surface area contributed by atoms with Crippen LogP contribution in [0.15, 0.2) is 12.4 Å². The predicted molar refractivity (Wildman–Crippen MR) is 132 cm³/mol. The van der Waals surface area contributed by atoms with Crippen LogP contribution in [0, 0.1) is 5.41 Å². The first kappa shape index (κ1) is 27.5. The Bertz CT molecular complexity index is 1050. The van der Waals surface area contributed by atoms with Crippen LogP contribution in [-0.2, 0) is 20.4 Å². The molecule has 38 heavy (non-hydrogen) atoms. The van der Waals surface area contributed by atoms with Crippen molar-refractivity contribution >= 4 is 11.7 Å². The molecule has 1 saturated carbocycles. The number of rotatable bonds is 6. The van der Waals surface area contributed by atoms with Gasteiger partial charge in [0.15, 0.2) is 0 Å². The Labute approximate surface area is 221 Å². The van der Waals surface area contributed by atoms with Crippen LogP contribution < -0.4 is 10.2 Å². The van der Waals surface area contributed by atoms with E-state index in [0.717, 1.165) is 25.2 Å². The van der Waals surface area contributed by atoms with Gasteiger partial charge in [0.2, 0.25) is 5.91 Å². The number of carbonyl (C=O) groups is 1. The molecule has 1 aliphatic carbocycles. The quantitative estimate of drug-likeness (QED) is 0.567. The van der Waals surface area contributed by atoms with Gasteiger partial charge in [-0.2, -0.15) is 13.2 Å². The summed E-state index contributed by atoms with van der Waals surface area (Å²) in [5.74, 6) is 0.351. The highest BCUT2D eigenvalue weighted by molar-refractivity contribution is 5.84. The van der Waals surface area contributed by atoms with Crippen LogP contribution in [0.25, 0.3) is 0 Å². The second-order valence-electron chi connectivity index (χ2n) is 12.1. The van der Waals surface area contributed by atoms with Gasteiger partial charge in [0.1, 0.15) is 23.9 Å². The van der Waals surface area contributed by atoms with E-state index in [4.69, 9.17) is 9.47 Å². The number of fused-ring (bicyclic) bond motifs is 2. The lowest BCUT2D eigenvalue weighted by Gasteiger charge is -2.52. The molecule has 0 spiro atoms. The van der Waals surface area contributed by atoms with Crippen molar-refractivity contribution in [3.05, 3.63) is 18.1 Å². The van der Waals surface area contributed by atoms with E-state index < -0.39 is 28.4 Å². The summed E-state index contributed by atoms with van der Waals surface area (Å²) in [6.07, 6.45) is -0.430. The van der Waals surface area contributed by atoms with E-state index in [1.165, 1.54) is 0 Å². The molecule has 1 aromatic heterocycles. The lowest BCUT2D eigenvalue weighted by Crippen LogP contribution is -2.72. The highest BCUT2D eigenvalue weighted by Gasteiger charge is 2.56. The van der Waals surface area contributed by atoms with E-state index in [1.54, 1.807) is 21.0 Å².